The molecule has 0 saturated heterocycles. The molecule has 0 radical (unpaired) electrons. The lowest BCUT2D eigenvalue weighted by Gasteiger charge is -2.30. The smallest absolute Gasteiger partial charge is 0.404 e. The molecule has 0 bridgehead atoms. The first-order chi connectivity index (χ1) is 17.3. The minimum atomic E-state index is -1.00. The number of hydrogen-bond acceptors (Lipinski definition) is 6. The third-order valence-electron chi connectivity index (χ3n) is 6.63. The number of ether oxygens (including phenoxy) is 1. The number of hydrogen-bond donors (Lipinski definition) is 4. The number of carbonyl (C=O) groups excluding carboxylic acids is 1. The van der Waals surface area contributed by atoms with Crippen LogP contribution in [0, 0.1) is 0 Å². The van der Waals surface area contributed by atoms with Gasteiger partial charge in [0.2, 0.25) is 0 Å². The van der Waals surface area contributed by atoms with Crippen molar-refractivity contribution in [2.75, 3.05) is 12.4 Å². The predicted octanol–water partition coefficient (Wildman–Crippen LogP) is 6.24. The molecular weight excluding hydrogens is 482 g/mol. The zero-order chi connectivity index (χ0) is 25.8. The molecule has 0 unspecified atom stereocenters. The topological polar surface area (TPSA) is 121 Å². The van der Waals surface area contributed by atoms with Crippen molar-refractivity contribution in [3.05, 3.63) is 47.1 Å². The minimum absolute atomic E-state index is 0.0235. The third kappa shape index (κ3) is 5.49. The van der Waals surface area contributed by atoms with E-state index in [9.17, 15) is 14.7 Å². The van der Waals surface area contributed by atoms with E-state index in [1.807, 2.05) is 25.1 Å². The Morgan fingerprint density at radius 1 is 1.11 bits per heavy atom. The molecule has 4 rings (SSSR count). The molecule has 1 heterocycles. The number of halogens is 1. The molecule has 1 amide bonds. The maximum absolute atomic E-state index is 13.0. The summed E-state index contributed by atoms with van der Waals surface area (Å²) in [6.07, 6.45) is 4.79. The maximum atomic E-state index is 13.0. The first kappa shape index (κ1) is 25.6. The highest BCUT2D eigenvalue weighted by atomic mass is 35.5. The van der Waals surface area contributed by atoms with Crippen LogP contribution in [0.15, 0.2) is 36.5 Å². The normalized spacial score (nSPS) is 17.5. The number of methoxy groups -OCH3 is 1. The van der Waals surface area contributed by atoms with E-state index in [-0.39, 0.29) is 34.4 Å². The van der Waals surface area contributed by atoms with E-state index in [4.69, 9.17) is 21.4 Å². The van der Waals surface area contributed by atoms with E-state index in [1.165, 1.54) is 7.11 Å². The van der Waals surface area contributed by atoms with E-state index in [2.05, 4.69) is 15.6 Å². The van der Waals surface area contributed by atoms with E-state index in [0.29, 0.717) is 12.0 Å². The Hall–Kier alpha value is -3.52. The average molecular weight is 512 g/mol. The van der Waals surface area contributed by atoms with Crippen molar-refractivity contribution in [1.29, 1.82) is 0 Å². The average Bonchev–Trinajstić information content (AvgIpc) is 2.86. The summed E-state index contributed by atoms with van der Waals surface area (Å²) in [5.41, 5.74) is 3.63. The van der Waals surface area contributed by atoms with E-state index >= 15 is 0 Å². The molecule has 2 aromatic carbocycles. The van der Waals surface area contributed by atoms with Gasteiger partial charge in [-0.25, -0.2) is 4.79 Å². The molecule has 0 aliphatic heterocycles. The number of ketones is 1. The highest BCUT2D eigenvalue weighted by Gasteiger charge is 2.25. The second-order valence-electron chi connectivity index (χ2n) is 9.10. The number of carboxylic acid groups (broad SMARTS) is 1. The Morgan fingerprint density at radius 2 is 1.83 bits per heavy atom. The number of amides is 1. The van der Waals surface area contributed by atoms with Crippen molar-refractivity contribution >= 4 is 40.1 Å². The van der Waals surface area contributed by atoms with E-state index in [0.717, 1.165) is 59.8 Å². The summed E-state index contributed by atoms with van der Waals surface area (Å²) >= 11 is 6.23. The van der Waals surface area contributed by atoms with Crippen LogP contribution >= 0.6 is 11.6 Å². The highest BCUT2D eigenvalue weighted by molar-refractivity contribution is 6.32. The van der Waals surface area contributed by atoms with Crippen LogP contribution in [0.3, 0.4) is 0 Å². The molecule has 1 aliphatic carbocycles. The fourth-order valence-corrected chi connectivity index (χ4v) is 4.97. The van der Waals surface area contributed by atoms with Gasteiger partial charge < -0.3 is 25.6 Å². The zero-order valence-electron chi connectivity index (χ0n) is 20.3. The SMILES string of the molecule is CCCC(=O)c1cnc2ccc(-c3cc(Cl)c(O)c(OC)c3)cc2c1N[C@H]1CC[C@H](NC(=O)O)CC1. The standard InChI is InChI=1S/C27H30ClN3O5/c1-3-4-23(32)20-14-29-22-10-5-15(16-12-21(28)26(33)24(13-16)36-2)11-19(22)25(20)30-17-6-8-18(9-7-17)31-27(34)35/h5,10-14,17-18,31,33H,3-4,6-9H2,1-2H3,(H,29,30)(H,34,35)/t17-,18-. The Morgan fingerprint density at radius 3 is 2.50 bits per heavy atom. The van der Waals surface area contributed by atoms with Gasteiger partial charge in [-0.15, -0.1) is 0 Å². The molecule has 1 aromatic heterocycles. The Bertz CT molecular complexity index is 1290. The molecule has 1 saturated carbocycles. The van der Waals surface area contributed by atoms with Crippen molar-refractivity contribution in [3.63, 3.8) is 0 Å². The number of rotatable bonds is 8. The summed E-state index contributed by atoms with van der Waals surface area (Å²) in [4.78, 5) is 28.6. The number of benzene rings is 2. The van der Waals surface area contributed by atoms with Crippen molar-refractivity contribution < 1.29 is 24.5 Å². The van der Waals surface area contributed by atoms with E-state index < -0.39 is 6.09 Å². The zero-order valence-corrected chi connectivity index (χ0v) is 21.1. The number of Topliss-reactive ketones (excluding diaryl/α,β-unsaturated/α-hetero) is 1. The van der Waals surface area contributed by atoms with Gasteiger partial charge in [0.25, 0.3) is 0 Å². The lowest BCUT2D eigenvalue weighted by molar-refractivity contribution is 0.0982. The van der Waals surface area contributed by atoms with Gasteiger partial charge in [-0.3, -0.25) is 9.78 Å². The first-order valence-corrected chi connectivity index (χ1v) is 12.5. The molecule has 0 atom stereocenters. The number of phenolic OH excluding ortho intramolecular Hbond substituents is 1. The highest BCUT2D eigenvalue weighted by Crippen LogP contribution is 2.40. The van der Waals surface area contributed by atoms with Crippen molar-refractivity contribution in [1.82, 2.24) is 10.3 Å². The summed E-state index contributed by atoms with van der Waals surface area (Å²) in [6, 6.07) is 9.20. The number of nitrogens with zero attached hydrogens (tertiary/aromatic N) is 1. The summed E-state index contributed by atoms with van der Waals surface area (Å²) in [5.74, 6) is 0.177. The van der Waals surface area contributed by atoms with Gasteiger partial charge in [0.1, 0.15) is 0 Å². The van der Waals surface area contributed by atoms with Crippen LogP contribution in [-0.4, -0.2) is 46.3 Å². The third-order valence-corrected chi connectivity index (χ3v) is 6.92. The van der Waals surface area contributed by atoms with Crippen molar-refractivity contribution in [2.45, 2.75) is 57.5 Å². The number of anilines is 1. The number of aromatic nitrogens is 1. The van der Waals surface area contributed by atoms with E-state index in [1.54, 1.807) is 18.3 Å². The second-order valence-corrected chi connectivity index (χ2v) is 9.51. The lowest BCUT2D eigenvalue weighted by Crippen LogP contribution is -2.39. The predicted molar refractivity (Wildman–Crippen MR) is 140 cm³/mol. The minimum Gasteiger partial charge on any atom is -0.503 e. The van der Waals surface area contributed by atoms with Crippen LogP contribution in [0.4, 0.5) is 10.5 Å². The molecule has 1 aliphatic rings. The van der Waals surface area contributed by atoms with Crippen LogP contribution in [-0.2, 0) is 0 Å². The number of pyridine rings is 1. The summed E-state index contributed by atoms with van der Waals surface area (Å²) < 4.78 is 5.26. The monoisotopic (exact) mass is 511 g/mol. The van der Waals surface area contributed by atoms with Crippen molar-refractivity contribution in [3.8, 4) is 22.6 Å². The molecule has 8 nitrogen and oxygen atoms in total. The number of phenols is 1. The maximum Gasteiger partial charge on any atom is 0.404 e. The number of carbonyl (C=O) groups is 2. The van der Waals surface area contributed by atoms with Crippen LogP contribution in [0.2, 0.25) is 5.02 Å². The number of aromatic hydroxyl groups is 1. The number of fused-ring (bicyclic) bond motifs is 1. The van der Waals surface area contributed by atoms with Gasteiger partial charge in [-0.1, -0.05) is 24.6 Å². The molecule has 4 N–H and O–H groups in total. The van der Waals surface area contributed by atoms with Crippen LogP contribution in [0.25, 0.3) is 22.0 Å². The van der Waals surface area contributed by atoms with Crippen LogP contribution in [0.5, 0.6) is 11.5 Å². The van der Waals surface area contributed by atoms with Crippen LogP contribution in [0.1, 0.15) is 55.8 Å². The summed E-state index contributed by atoms with van der Waals surface area (Å²) in [6.45, 7) is 1.97. The van der Waals surface area contributed by atoms with Gasteiger partial charge in [-0.05, 0) is 67.5 Å². The summed E-state index contributed by atoms with van der Waals surface area (Å²) in [5, 5.41) is 26.3. The van der Waals surface area contributed by atoms with Gasteiger partial charge in [0, 0.05) is 30.1 Å². The Labute approximate surface area is 214 Å². The fraction of sp³-hybridized carbons (Fsp3) is 0.370. The van der Waals surface area contributed by atoms with Gasteiger partial charge in [-0.2, -0.15) is 0 Å². The number of nitrogens with one attached hydrogen (secondary N) is 2. The second kappa shape index (κ2) is 11.0. The molecule has 3 aromatic rings. The molecule has 1 fully saturated rings. The molecule has 9 heteroatoms. The first-order valence-electron chi connectivity index (χ1n) is 12.1. The Balaban J connectivity index is 1.74. The van der Waals surface area contributed by atoms with Crippen molar-refractivity contribution in [2.24, 2.45) is 0 Å². The van der Waals surface area contributed by atoms with Gasteiger partial charge in [0.15, 0.2) is 17.3 Å². The lowest BCUT2D eigenvalue weighted by atomic mass is 9.90. The van der Waals surface area contributed by atoms with Crippen LogP contribution < -0.4 is 15.4 Å². The molecule has 190 valence electrons. The Kier molecular flexibility index (Phi) is 7.84. The quantitative estimate of drug-likeness (QED) is 0.264. The molecule has 36 heavy (non-hydrogen) atoms. The summed E-state index contributed by atoms with van der Waals surface area (Å²) in [7, 11) is 1.47. The van der Waals surface area contributed by atoms with Gasteiger partial charge in [0.05, 0.1) is 28.9 Å². The molecular formula is C27H30ClN3O5. The fourth-order valence-electron chi connectivity index (χ4n) is 4.76. The molecule has 0 spiro atoms. The largest absolute Gasteiger partial charge is 0.503 e. The van der Waals surface area contributed by atoms with Gasteiger partial charge >= 0.3 is 6.09 Å².